The molecule has 3 aromatic heterocycles. The lowest BCUT2D eigenvalue weighted by Gasteiger charge is -2.53. The first kappa shape index (κ1) is 22.9. The highest BCUT2D eigenvalue weighted by Crippen LogP contribution is 2.46. The Morgan fingerprint density at radius 2 is 2.03 bits per heavy atom. The number of esters is 1. The molecule has 188 valence electrons. The summed E-state index contributed by atoms with van der Waals surface area (Å²) in [5.74, 6) is 0.571. The Labute approximate surface area is 207 Å². The summed E-state index contributed by atoms with van der Waals surface area (Å²) >= 11 is 0. The van der Waals surface area contributed by atoms with Crippen molar-refractivity contribution in [1.29, 1.82) is 0 Å². The van der Waals surface area contributed by atoms with Gasteiger partial charge >= 0.3 is 5.97 Å². The number of carbonyl (C=O) groups excluding carboxylic acids is 1. The number of fused-ring (bicyclic) bond motifs is 5. The molecule has 0 radical (unpaired) electrons. The fourth-order valence-corrected chi connectivity index (χ4v) is 5.31. The molecular formula is C25H28N6O5. The quantitative estimate of drug-likeness (QED) is 0.419. The van der Waals surface area contributed by atoms with E-state index in [1.807, 2.05) is 12.1 Å². The SMILES string of the molecule is COc1cnc2nc(CCC34CCC(NCc5ccc6c(n5)OC(=O)CN6)(CC3)CO4)c(=O)[nH]c2c1. The number of ether oxygens (including phenoxy) is 3. The molecule has 0 amide bonds. The normalized spacial score (nSPS) is 24.8. The minimum Gasteiger partial charge on any atom is -0.495 e. The first-order chi connectivity index (χ1) is 17.4. The molecule has 2 saturated heterocycles. The largest absolute Gasteiger partial charge is 0.495 e. The number of aromatic nitrogens is 4. The van der Waals surface area contributed by atoms with E-state index in [4.69, 9.17) is 14.2 Å². The number of hydrogen-bond donors (Lipinski definition) is 3. The van der Waals surface area contributed by atoms with E-state index in [2.05, 4.69) is 30.6 Å². The van der Waals surface area contributed by atoms with Gasteiger partial charge < -0.3 is 29.8 Å². The van der Waals surface area contributed by atoms with Gasteiger partial charge in [-0.05, 0) is 50.7 Å². The molecule has 11 heteroatoms. The molecule has 3 fully saturated rings. The van der Waals surface area contributed by atoms with E-state index < -0.39 is 0 Å². The maximum atomic E-state index is 12.6. The number of rotatable bonds is 7. The summed E-state index contributed by atoms with van der Waals surface area (Å²) in [6, 6.07) is 5.55. The minimum atomic E-state index is -0.333. The smallest absolute Gasteiger partial charge is 0.332 e. The van der Waals surface area contributed by atoms with Gasteiger partial charge in [0.2, 0.25) is 5.88 Å². The summed E-state index contributed by atoms with van der Waals surface area (Å²) < 4.78 is 16.8. The molecule has 6 heterocycles. The van der Waals surface area contributed by atoms with Gasteiger partial charge in [-0.1, -0.05) is 0 Å². The highest BCUT2D eigenvalue weighted by atomic mass is 16.5. The first-order valence-corrected chi connectivity index (χ1v) is 12.2. The summed E-state index contributed by atoms with van der Waals surface area (Å²) in [7, 11) is 1.56. The maximum Gasteiger partial charge on any atom is 0.332 e. The van der Waals surface area contributed by atoms with Crippen molar-refractivity contribution in [1.82, 2.24) is 25.3 Å². The van der Waals surface area contributed by atoms with E-state index >= 15 is 0 Å². The molecule has 0 spiro atoms. The zero-order valence-corrected chi connectivity index (χ0v) is 20.1. The fourth-order valence-electron chi connectivity index (χ4n) is 5.31. The van der Waals surface area contributed by atoms with Crippen LogP contribution in [0.2, 0.25) is 0 Å². The first-order valence-electron chi connectivity index (χ1n) is 12.2. The molecular weight excluding hydrogens is 464 g/mol. The van der Waals surface area contributed by atoms with Crippen LogP contribution in [0.3, 0.4) is 0 Å². The number of nitrogens with zero attached hydrogens (tertiary/aromatic N) is 3. The topological polar surface area (TPSA) is 140 Å². The number of hydrogen-bond acceptors (Lipinski definition) is 10. The van der Waals surface area contributed by atoms with Gasteiger partial charge in [-0.3, -0.25) is 4.79 Å². The number of H-pyrrole nitrogens is 1. The number of carbonyl (C=O) groups is 1. The van der Waals surface area contributed by atoms with E-state index in [0.29, 0.717) is 48.1 Å². The lowest BCUT2D eigenvalue weighted by atomic mass is 9.69. The molecule has 1 saturated carbocycles. The van der Waals surface area contributed by atoms with Crippen molar-refractivity contribution >= 4 is 22.8 Å². The molecule has 11 nitrogen and oxygen atoms in total. The second kappa shape index (κ2) is 8.82. The fraction of sp³-hybridized carbons (Fsp3) is 0.480. The van der Waals surface area contributed by atoms with Crippen LogP contribution < -0.4 is 25.7 Å². The summed E-state index contributed by atoms with van der Waals surface area (Å²) in [6.45, 7) is 1.33. The molecule has 0 atom stereocenters. The van der Waals surface area contributed by atoms with Gasteiger partial charge in [0.05, 0.1) is 42.4 Å². The molecule has 7 rings (SSSR count). The van der Waals surface area contributed by atoms with Crippen molar-refractivity contribution in [2.45, 2.75) is 56.2 Å². The van der Waals surface area contributed by atoms with Crippen molar-refractivity contribution in [2.24, 2.45) is 0 Å². The Hall–Kier alpha value is -3.57. The number of methoxy groups -OCH3 is 1. The van der Waals surface area contributed by atoms with Crippen LogP contribution in [0, 0.1) is 0 Å². The van der Waals surface area contributed by atoms with Gasteiger partial charge in [0.25, 0.3) is 5.56 Å². The predicted octanol–water partition coefficient (Wildman–Crippen LogP) is 1.86. The van der Waals surface area contributed by atoms with Crippen molar-refractivity contribution in [3.63, 3.8) is 0 Å². The van der Waals surface area contributed by atoms with Crippen LogP contribution >= 0.6 is 0 Å². The van der Waals surface area contributed by atoms with Gasteiger partial charge in [0.15, 0.2) is 5.65 Å². The Morgan fingerprint density at radius 3 is 2.81 bits per heavy atom. The van der Waals surface area contributed by atoms with Gasteiger partial charge in [-0.2, -0.15) is 0 Å². The Kier molecular flexibility index (Phi) is 5.60. The molecule has 0 aromatic carbocycles. The van der Waals surface area contributed by atoms with Crippen LogP contribution in [0.25, 0.3) is 11.2 Å². The summed E-state index contributed by atoms with van der Waals surface area (Å²) in [5, 5.41) is 6.66. The lowest BCUT2D eigenvalue weighted by molar-refractivity contribution is -0.165. The monoisotopic (exact) mass is 492 g/mol. The standard InChI is InChI=1S/C25H28N6O5/c1-34-16-10-19-21(27-12-16)30-17(22(33)31-19)4-5-25-8-6-24(7-9-25,14-35-25)28-11-15-2-3-18-23(29-15)36-20(32)13-26-18/h2-3,10,12,26,28H,4-9,11,13-14H2,1H3,(H,31,33). The summed E-state index contributed by atoms with van der Waals surface area (Å²) in [4.78, 5) is 40.3. The van der Waals surface area contributed by atoms with E-state index in [-0.39, 0.29) is 29.2 Å². The highest BCUT2D eigenvalue weighted by molar-refractivity contribution is 5.82. The number of anilines is 1. The lowest BCUT2D eigenvalue weighted by Crippen LogP contribution is -2.61. The van der Waals surface area contributed by atoms with E-state index in [9.17, 15) is 9.59 Å². The van der Waals surface area contributed by atoms with Gasteiger partial charge in [-0.25, -0.2) is 19.7 Å². The zero-order valence-electron chi connectivity index (χ0n) is 20.1. The highest BCUT2D eigenvalue weighted by Gasteiger charge is 2.49. The van der Waals surface area contributed by atoms with Crippen LogP contribution in [-0.2, 0) is 22.5 Å². The third-order valence-corrected chi connectivity index (χ3v) is 7.61. The van der Waals surface area contributed by atoms with Crippen molar-refractivity contribution in [3.8, 4) is 11.6 Å². The second-order valence-electron chi connectivity index (χ2n) is 9.85. The average molecular weight is 493 g/mol. The minimum absolute atomic E-state index is 0.101. The van der Waals surface area contributed by atoms with Crippen molar-refractivity contribution in [3.05, 3.63) is 46.1 Å². The van der Waals surface area contributed by atoms with E-state index in [0.717, 1.165) is 43.5 Å². The maximum absolute atomic E-state index is 12.6. The number of pyridine rings is 2. The number of aryl methyl sites for hydroxylation is 1. The van der Waals surface area contributed by atoms with Crippen LogP contribution in [0.15, 0.2) is 29.2 Å². The molecule has 3 aliphatic heterocycles. The van der Waals surface area contributed by atoms with Crippen molar-refractivity contribution in [2.75, 3.05) is 25.6 Å². The zero-order chi connectivity index (χ0) is 24.8. The predicted molar refractivity (Wildman–Crippen MR) is 130 cm³/mol. The molecule has 0 unspecified atom stereocenters. The molecule has 4 aliphatic rings. The van der Waals surface area contributed by atoms with Gasteiger partial charge in [-0.15, -0.1) is 0 Å². The Bertz CT molecular complexity index is 1360. The molecule has 36 heavy (non-hydrogen) atoms. The van der Waals surface area contributed by atoms with Crippen LogP contribution in [0.1, 0.15) is 43.5 Å². The molecule has 2 bridgehead atoms. The van der Waals surface area contributed by atoms with Crippen LogP contribution in [-0.4, -0.2) is 57.3 Å². The number of aromatic amines is 1. The molecule has 3 aromatic rings. The number of nitrogens with one attached hydrogen (secondary N) is 3. The molecule has 3 N–H and O–H groups in total. The third-order valence-electron chi connectivity index (χ3n) is 7.61. The second-order valence-corrected chi connectivity index (χ2v) is 9.85. The Morgan fingerprint density at radius 1 is 1.17 bits per heavy atom. The van der Waals surface area contributed by atoms with Crippen LogP contribution in [0.4, 0.5) is 5.69 Å². The third kappa shape index (κ3) is 4.28. The summed E-state index contributed by atoms with van der Waals surface area (Å²) in [6.07, 6.45) is 6.67. The Balaban J connectivity index is 1.07. The molecule has 1 aliphatic carbocycles. The van der Waals surface area contributed by atoms with E-state index in [1.54, 1.807) is 19.4 Å². The average Bonchev–Trinajstić information content (AvgIpc) is 2.91. The summed E-state index contributed by atoms with van der Waals surface area (Å²) in [5.41, 5.74) is 2.55. The van der Waals surface area contributed by atoms with Gasteiger partial charge in [0.1, 0.15) is 18.0 Å². The van der Waals surface area contributed by atoms with Crippen molar-refractivity contribution < 1.29 is 19.0 Å². The van der Waals surface area contributed by atoms with Gasteiger partial charge in [0, 0.05) is 18.2 Å². The van der Waals surface area contributed by atoms with Crippen LogP contribution in [0.5, 0.6) is 11.6 Å². The van der Waals surface area contributed by atoms with E-state index in [1.165, 1.54) is 0 Å².